The van der Waals surface area contributed by atoms with E-state index in [4.69, 9.17) is 5.73 Å². The number of carbonyl (C=O) groups is 8. The average molecular weight is 833 g/mol. The minimum absolute atomic E-state index is 0.0601. The smallest absolute Gasteiger partial charge is 0.243 e. The first-order valence-corrected chi connectivity index (χ1v) is 20.1. The quantitative estimate of drug-likeness (QED) is 0.0556. The van der Waals surface area contributed by atoms with Crippen LogP contribution in [0.5, 0.6) is 0 Å². The van der Waals surface area contributed by atoms with E-state index < -0.39 is 47.7 Å². The fraction of sp³-hybridized carbons (Fsp3) is 0.476. The average Bonchev–Trinajstić information content (AvgIpc) is 3.61. The Morgan fingerprint density at radius 2 is 1.30 bits per heavy atom. The van der Waals surface area contributed by atoms with Gasteiger partial charge in [0.15, 0.2) is 0 Å². The molecule has 326 valence electrons. The van der Waals surface area contributed by atoms with E-state index in [1.54, 1.807) is 37.4 Å². The third-order valence-electron chi connectivity index (χ3n) is 9.85. The Kier molecular flexibility index (Phi) is 19.7. The van der Waals surface area contributed by atoms with Gasteiger partial charge in [0, 0.05) is 90.0 Å². The Balaban J connectivity index is 1.61. The van der Waals surface area contributed by atoms with E-state index >= 15 is 0 Å². The molecule has 4 atom stereocenters. The van der Waals surface area contributed by atoms with Crippen molar-refractivity contribution in [2.24, 2.45) is 11.7 Å². The number of rotatable bonds is 25. The predicted molar refractivity (Wildman–Crippen MR) is 225 cm³/mol. The second kappa shape index (κ2) is 24.6. The first kappa shape index (κ1) is 48.1. The topological polar surface area (TPSA) is 266 Å². The number of aromatic amines is 1. The molecule has 0 saturated heterocycles. The molecule has 1 heterocycles. The highest BCUT2D eigenvalue weighted by atomic mass is 16.2. The van der Waals surface area contributed by atoms with Gasteiger partial charge in [0.1, 0.15) is 18.1 Å². The van der Waals surface area contributed by atoms with Crippen LogP contribution >= 0.6 is 0 Å². The maximum Gasteiger partial charge on any atom is 0.243 e. The summed E-state index contributed by atoms with van der Waals surface area (Å²) in [5.41, 5.74) is 8.61. The first-order chi connectivity index (χ1) is 28.6. The van der Waals surface area contributed by atoms with Gasteiger partial charge in [-0.05, 0) is 35.1 Å². The van der Waals surface area contributed by atoms with Crippen LogP contribution in [0.4, 0.5) is 0 Å². The van der Waals surface area contributed by atoms with E-state index in [0.717, 1.165) is 27.6 Å². The summed E-state index contributed by atoms with van der Waals surface area (Å²) < 4.78 is 0. The standard InChI is InChI=1S/C42H60N10O8/c1-6-26(2)39(51-41(59)36(49-29(5)55)21-32-24-46-34-10-8-7-9-33(32)34)42(60)50-35(15-16-37(43)56)40(58)48-23-31-13-11-30(12-14-31)22-47-38(57)25-52(19-17-44-27(3)53)20-18-45-28(4)54/h7-14,24,26,35-36,39,46H,6,15-23,25H2,1-5H3,(H2,43,56)(H,44,53)(H,45,54)(H,47,57)(H,48,58)(H,49,55)(H,50,60)(H,51,59)/t26?,35-,36-,39-/m0/s1. The normalized spacial score (nSPS) is 13.0. The lowest BCUT2D eigenvalue weighted by Gasteiger charge is -2.28. The third-order valence-corrected chi connectivity index (χ3v) is 9.85. The molecule has 0 saturated carbocycles. The highest BCUT2D eigenvalue weighted by Gasteiger charge is 2.32. The molecule has 2 aromatic carbocycles. The van der Waals surface area contributed by atoms with Crippen molar-refractivity contribution in [3.63, 3.8) is 0 Å². The number of para-hydroxylation sites is 1. The Bertz CT molecular complexity index is 1930. The summed E-state index contributed by atoms with van der Waals surface area (Å²) >= 11 is 0. The van der Waals surface area contributed by atoms with Crippen LogP contribution in [0, 0.1) is 5.92 Å². The number of benzene rings is 2. The van der Waals surface area contributed by atoms with E-state index in [1.165, 1.54) is 20.8 Å². The number of nitrogens with one attached hydrogen (secondary N) is 8. The van der Waals surface area contributed by atoms with Gasteiger partial charge in [-0.25, -0.2) is 0 Å². The van der Waals surface area contributed by atoms with Crippen molar-refractivity contribution in [3.05, 3.63) is 71.4 Å². The van der Waals surface area contributed by atoms with Crippen molar-refractivity contribution in [1.82, 2.24) is 47.1 Å². The number of primary amides is 1. The lowest BCUT2D eigenvalue weighted by atomic mass is 9.96. The molecule has 60 heavy (non-hydrogen) atoms. The summed E-state index contributed by atoms with van der Waals surface area (Å²) in [6.45, 7) is 9.69. The second-order valence-electron chi connectivity index (χ2n) is 14.8. The number of carbonyl (C=O) groups excluding carboxylic acids is 8. The number of hydrogen-bond donors (Lipinski definition) is 9. The summed E-state index contributed by atoms with van der Waals surface area (Å²) in [5, 5.41) is 20.2. The van der Waals surface area contributed by atoms with Crippen molar-refractivity contribution in [3.8, 4) is 0 Å². The van der Waals surface area contributed by atoms with Crippen LogP contribution in [0.25, 0.3) is 10.9 Å². The van der Waals surface area contributed by atoms with Crippen LogP contribution in [0.15, 0.2) is 54.7 Å². The van der Waals surface area contributed by atoms with Gasteiger partial charge in [-0.2, -0.15) is 0 Å². The number of nitrogens with two attached hydrogens (primary N) is 1. The van der Waals surface area contributed by atoms with Crippen LogP contribution in [0.2, 0.25) is 0 Å². The summed E-state index contributed by atoms with van der Waals surface area (Å²) in [6, 6.07) is 11.5. The molecule has 3 rings (SSSR count). The molecule has 0 fully saturated rings. The fourth-order valence-corrected chi connectivity index (χ4v) is 6.34. The maximum absolute atomic E-state index is 13.8. The molecule has 0 spiro atoms. The van der Waals surface area contributed by atoms with Crippen LogP contribution in [0.1, 0.15) is 70.6 Å². The van der Waals surface area contributed by atoms with Gasteiger partial charge >= 0.3 is 0 Å². The largest absolute Gasteiger partial charge is 0.370 e. The van der Waals surface area contributed by atoms with Crippen molar-refractivity contribution < 1.29 is 38.4 Å². The SMILES string of the molecule is CCC(C)[C@H](NC(=O)[C@H](Cc1c[nH]c2ccccc12)NC(C)=O)C(=O)N[C@@H](CCC(N)=O)C(=O)NCc1ccc(CNC(=O)CN(CCNC(C)=O)CCNC(C)=O)cc1. The third kappa shape index (κ3) is 16.9. The minimum atomic E-state index is -1.16. The predicted octanol–water partition coefficient (Wildman–Crippen LogP) is 0.00310. The number of fused-ring (bicyclic) bond motifs is 1. The zero-order valence-electron chi connectivity index (χ0n) is 35.1. The van der Waals surface area contributed by atoms with Crippen LogP contribution in [-0.4, -0.2) is 108 Å². The van der Waals surface area contributed by atoms with Gasteiger partial charge in [0.05, 0.1) is 6.54 Å². The van der Waals surface area contributed by atoms with Gasteiger partial charge < -0.3 is 47.9 Å². The molecule has 1 aromatic heterocycles. The molecular formula is C42H60N10O8. The monoisotopic (exact) mass is 832 g/mol. The van der Waals surface area contributed by atoms with Crippen LogP contribution < -0.4 is 43.0 Å². The molecule has 1 unspecified atom stereocenters. The molecule has 3 aromatic rings. The lowest BCUT2D eigenvalue weighted by Crippen LogP contribution is -2.58. The number of amides is 8. The lowest BCUT2D eigenvalue weighted by molar-refractivity contribution is -0.134. The van der Waals surface area contributed by atoms with Crippen molar-refractivity contribution in [1.29, 1.82) is 0 Å². The van der Waals surface area contributed by atoms with Crippen molar-refractivity contribution in [2.45, 2.75) is 91.5 Å². The van der Waals surface area contributed by atoms with Crippen molar-refractivity contribution >= 4 is 58.2 Å². The van der Waals surface area contributed by atoms with E-state index in [2.05, 4.69) is 42.2 Å². The highest BCUT2D eigenvalue weighted by molar-refractivity contribution is 5.95. The zero-order valence-corrected chi connectivity index (χ0v) is 35.1. The van der Waals surface area contributed by atoms with Crippen molar-refractivity contribution in [2.75, 3.05) is 32.7 Å². The number of aromatic nitrogens is 1. The van der Waals surface area contributed by atoms with Gasteiger partial charge in [-0.3, -0.25) is 43.3 Å². The Morgan fingerprint density at radius 3 is 1.87 bits per heavy atom. The highest BCUT2D eigenvalue weighted by Crippen LogP contribution is 2.20. The number of H-pyrrole nitrogens is 1. The zero-order chi connectivity index (χ0) is 44.2. The van der Waals surface area contributed by atoms with E-state index in [0.29, 0.717) is 32.6 Å². The number of hydrogen-bond acceptors (Lipinski definition) is 9. The molecule has 18 nitrogen and oxygen atoms in total. The van der Waals surface area contributed by atoms with E-state index in [1.807, 2.05) is 36.1 Å². The molecule has 0 radical (unpaired) electrons. The Hall–Kier alpha value is -6.30. The molecule has 8 amide bonds. The van der Waals surface area contributed by atoms with Gasteiger partial charge in [0.2, 0.25) is 47.3 Å². The molecule has 10 N–H and O–H groups in total. The van der Waals surface area contributed by atoms with Crippen LogP contribution in [-0.2, 0) is 57.9 Å². The molecule has 0 aliphatic carbocycles. The van der Waals surface area contributed by atoms with Crippen LogP contribution in [0.3, 0.4) is 0 Å². The van der Waals surface area contributed by atoms with Gasteiger partial charge in [-0.15, -0.1) is 0 Å². The summed E-state index contributed by atoms with van der Waals surface area (Å²) in [5.74, 6) is -3.82. The molecular weight excluding hydrogens is 773 g/mol. The first-order valence-electron chi connectivity index (χ1n) is 20.1. The number of nitrogens with zero attached hydrogens (tertiary/aromatic N) is 1. The maximum atomic E-state index is 13.8. The molecule has 0 bridgehead atoms. The molecule has 0 aliphatic rings. The Labute approximate surface area is 350 Å². The van der Waals surface area contributed by atoms with Gasteiger partial charge in [-0.1, -0.05) is 62.7 Å². The van der Waals surface area contributed by atoms with E-state index in [-0.39, 0.29) is 62.5 Å². The van der Waals surface area contributed by atoms with Gasteiger partial charge in [0.25, 0.3) is 0 Å². The molecule has 18 heteroatoms. The fourth-order valence-electron chi connectivity index (χ4n) is 6.34. The Morgan fingerprint density at radius 1 is 0.700 bits per heavy atom. The summed E-state index contributed by atoms with van der Waals surface area (Å²) in [7, 11) is 0. The molecule has 0 aliphatic heterocycles. The van der Waals surface area contributed by atoms with E-state index in [9.17, 15) is 38.4 Å². The second-order valence-corrected chi connectivity index (χ2v) is 14.8. The summed E-state index contributed by atoms with van der Waals surface area (Å²) in [6.07, 6.45) is 2.17. The minimum Gasteiger partial charge on any atom is -0.370 e. The summed E-state index contributed by atoms with van der Waals surface area (Å²) in [4.78, 5) is 105.